The Balaban J connectivity index is 1.10. The summed E-state index contributed by atoms with van der Waals surface area (Å²) in [7, 11) is 0. The second-order valence-electron chi connectivity index (χ2n) is 15.1. The second kappa shape index (κ2) is 14.6. The molecule has 0 bridgehead atoms. The Kier molecular flexibility index (Phi) is 8.31. The number of fused-ring (bicyclic) bond motifs is 7. The molecule has 8 heteroatoms. The molecule has 0 radical (unpaired) electrons. The molecule has 0 saturated carbocycles. The van der Waals surface area contributed by atoms with E-state index in [2.05, 4.69) is 65.2 Å². The van der Waals surface area contributed by atoms with Gasteiger partial charge in [-0.1, -0.05) is 158 Å². The first-order valence-electron chi connectivity index (χ1n) is 20.5. The van der Waals surface area contributed by atoms with E-state index >= 15 is 0 Å². The maximum absolute atomic E-state index is 6.84. The molecule has 0 fully saturated rings. The van der Waals surface area contributed by atoms with E-state index < -0.39 is 0 Å². The van der Waals surface area contributed by atoms with Crippen LogP contribution in [-0.4, -0.2) is 34.5 Å². The zero-order valence-corrected chi connectivity index (χ0v) is 33.1. The smallest absolute Gasteiger partial charge is 0.164 e. The molecule has 4 heterocycles. The molecule has 290 valence electrons. The lowest BCUT2D eigenvalue weighted by Gasteiger charge is -2.12. The van der Waals surface area contributed by atoms with Crippen LogP contribution in [0.3, 0.4) is 0 Å². The summed E-state index contributed by atoms with van der Waals surface area (Å²) in [5.74, 6) is 3.60. The van der Waals surface area contributed by atoms with Crippen molar-refractivity contribution in [2.24, 2.45) is 0 Å². The topological polar surface area (TPSA) is 95.4 Å². The molecule has 62 heavy (non-hydrogen) atoms. The van der Waals surface area contributed by atoms with Crippen LogP contribution in [0.5, 0.6) is 0 Å². The Labute approximate surface area is 355 Å². The van der Waals surface area contributed by atoms with Gasteiger partial charge in [-0.25, -0.2) is 29.9 Å². The Hall–Kier alpha value is -8.62. The van der Waals surface area contributed by atoms with Crippen LogP contribution in [0.4, 0.5) is 0 Å². The van der Waals surface area contributed by atoms with E-state index in [1.165, 1.54) is 0 Å². The van der Waals surface area contributed by atoms with Crippen LogP contribution in [0.2, 0.25) is 0 Å². The van der Waals surface area contributed by atoms with Crippen LogP contribution in [0.1, 0.15) is 0 Å². The maximum atomic E-state index is 6.84. The molecular weight excluding hydrogens is 763 g/mol. The monoisotopic (exact) mass is 795 g/mol. The van der Waals surface area contributed by atoms with Gasteiger partial charge in [0.15, 0.2) is 40.5 Å². The molecule has 0 unspecified atom stereocenters. The van der Waals surface area contributed by atoms with E-state index in [1.807, 2.05) is 140 Å². The van der Waals surface area contributed by atoms with Gasteiger partial charge in [-0.2, -0.15) is 0 Å². The number of furan rings is 1. The lowest BCUT2D eigenvalue weighted by molar-refractivity contribution is 0.671. The van der Waals surface area contributed by atoms with E-state index in [1.54, 1.807) is 0 Å². The first kappa shape index (κ1) is 35.3. The van der Waals surface area contributed by atoms with Crippen molar-refractivity contribution in [3.8, 4) is 74.0 Å². The molecule has 0 amide bonds. The number of para-hydroxylation sites is 2. The summed E-state index contributed by atoms with van der Waals surface area (Å²) in [5.41, 5.74) is 9.88. The fraction of sp³-hybridized carbons (Fsp3) is 0. The molecule has 0 saturated heterocycles. The molecule has 8 aromatic carbocycles. The maximum Gasteiger partial charge on any atom is 0.164 e. The first-order valence-corrected chi connectivity index (χ1v) is 20.5. The SMILES string of the molecule is c1ccc(-c2nc(-c3ccccc3)nc(-c3ccc(-n4c5ccccc5c5c(-c6nc(-c7ccccc7)nc(-c7ccccc7)n6)cc6c7ccccc7oc6c54)cc3)n2)cc1. The molecule has 0 aliphatic heterocycles. The van der Waals surface area contributed by atoms with Crippen LogP contribution in [0.15, 0.2) is 205 Å². The van der Waals surface area contributed by atoms with Crippen molar-refractivity contribution in [1.82, 2.24) is 34.5 Å². The average molecular weight is 796 g/mol. The number of hydrogen-bond donors (Lipinski definition) is 0. The van der Waals surface area contributed by atoms with E-state index in [9.17, 15) is 0 Å². The van der Waals surface area contributed by atoms with Gasteiger partial charge < -0.3 is 8.98 Å². The van der Waals surface area contributed by atoms with Crippen molar-refractivity contribution in [3.63, 3.8) is 0 Å². The summed E-state index contributed by atoms with van der Waals surface area (Å²) in [6, 6.07) is 67.5. The highest BCUT2D eigenvalue weighted by Gasteiger charge is 2.25. The van der Waals surface area contributed by atoms with Gasteiger partial charge in [0.2, 0.25) is 0 Å². The largest absolute Gasteiger partial charge is 0.454 e. The van der Waals surface area contributed by atoms with Crippen LogP contribution in [-0.2, 0) is 0 Å². The summed E-state index contributed by atoms with van der Waals surface area (Å²) in [6.45, 7) is 0. The highest BCUT2D eigenvalue weighted by atomic mass is 16.3. The van der Waals surface area contributed by atoms with Gasteiger partial charge in [0.05, 0.1) is 11.0 Å². The fourth-order valence-corrected chi connectivity index (χ4v) is 8.40. The van der Waals surface area contributed by atoms with E-state index in [-0.39, 0.29) is 0 Å². The highest BCUT2D eigenvalue weighted by molar-refractivity contribution is 6.26. The van der Waals surface area contributed by atoms with Crippen molar-refractivity contribution in [3.05, 3.63) is 200 Å². The van der Waals surface area contributed by atoms with Gasteiger partial charge in [0.25, 0.3) is 0 Å². The molecule has 0 aliphatic carbocycles. The molecule has 8 nitrogen and oxygen atoms in total. The Morgan fingerprint density at radius 3 is 1.24 bits per heavy atom. The lowest BCUT2D eigenvalue weighted by atomic mass is 10.0. The minimum atomic E-state index is 0.575. The third kappa shape index (κ3) is 6.00. The zero-order chi connectivity index (χ0) is 41.0. The minimum absolute atomic E-state index is 0.575. The van der Waals surface area contributed by atoms with Gasteiger partial charge in [-0.3, -0.25) is 0 Å². The van der Waals surface area contributed by atoms with E-state index in [0.717, 1.165) is 82.8 Å². The van der Waals surface area contributed by atoms with Crippen molar-refractivity contribution in [1.29, 1.82) is 0 Å². The number of rotatable bonds is 7. The quantitative estimate of drug-likeness (QED) is 0.158. The molecule has 12 aromatic rings. The van der Waals surface area contributed by atoms with Crippen molar-refractivity contribution in [2.75, 3.05) is 0 Å². The summed E-state index contributed by atoms with van der Waals surface area (Å²) in [5, 5.41) is 4.01. The number of benzene rings is 8. The molecule has 0 atom stereocenters. The zero-order valence-electron chi connectivity index (χ0n) is 33.1. The van der Waals surface area contributed by atoms with E-state index in [0.29, 0.717) is 34.9 Å². The standard InChI is InChI=1S/C54H33N7O/c1-5-17-34(18-6-1)49-55-50(35-19-7-2-8-20-35)57-53(56-49)38-29-31-39(32-30-38)61-44-27-15-13-26-41(44)46-43(33-42-40-25-14-16-28-45(40)62-48(42)47(46)61)54-59-51(36-21-9-3-10-22-36)58-52(60-54)37-23-11-4-12-24-37/h1-33H. The number of nitrogens with zero attached hydrogens (tertiary/aromatic N) is 7. The molecule has 0 spiro atoms. The third-order valence-electron chi connectivity index (χ3n) is 11.3. The summed E-state index contributed by atoms with van der Waals surface area (Å²) in [4.78, 5) is 30.4. The molecule has 0 N–H and O–H groups in total. The predicted octanol–water partition coefficient (Wildman–Crippen LogP) is 13.1. The van der Waals surface area contributed by atoms with E-state index in [4.69, 9.17) is 34.3 Å². The van der Waals surface area contributed by atoms with Crippen LogP contribution >= 0.6 is 0 Å². The minimum Gasteiger partial charge on any atom is -0.454 e. The lowest BCUT2D eigenvalue weighted by Crippen LogP contribution is -2.01. The van der Waals surface area contributed by atoms with Crippen LogP contribution in [0, 0.1) is 0 Å². The van der Waals surface area contributed by atoms with Crippen LogP contribution < -0.4 is 0 Å². The number of aromatic nitrogens is 7. The second-order valence-corrected chi connectivity index (χ2v) is 15.1. The van der Waals surface area contributed by atoms with Gasteiger partial charge >= 0.3 is 0 Å². The summed E-state index contributed by atoms with van der Waals surface area (Å²) < 4.78 is 9.13. The number of hydrogen-bond acceptors (Lipinski definition) is 7. The van der Waals surface area contributed by atoms with Crippen molar-refractivity contribution < 1.29 is 4.42 Å². The average Bonchev–Trinajstić information content (AvgIpc) is 3.91. The van der Waals surface area contributed by atoms with Crippen molar-refractivity contribution in [2.45, 2.75) is 0 Å². The van der Waals surface area contributed by atoms with Gasteiger partial charge in [-0.15, -0.1) is 0 Å². The molecule has 4 aromatic heterocycles. The highest BCUT2D eigenvalue weighted by Crippen LogP contribution is 2.45. The summed E-state index contributed by atoms with van der Waals surface area (Å²) in [6.07, 6.45) is 0. The predicted molar refractivity (Wildman–Crippen MR) is 247 cm³/mol. The molecular formula is C54H33N7O. The Morgan fingerprint density at radius 1 is 0.339 bits per heavy atom. The molecule has 0 aliphatic rings. The Morgan fingerprint density at radius 2 is 0.742 bits per heavy atom. The van der Waals surface area contributed by atoms with Gasteiger partial charge in [-0.05, 0) is 42.5 Å². The first-order chi connectivity index (χ1) is 30.7. The normalized spacial score (nSPS) is 11.5. The van der Waals surface area contributed by atoms with Gasteiger partial charge in [0.1, 0.15) is 5.58 Å². The molecule has 12 rings (SSSR count). The van der Waals surface area contributed by atoms with Crippen LogP contribution in [0.25, 0.3) is 118 Å². The van der Waals surface area contributed by atoms with Gasteiger partial charge in [0, 0.05) is 60.6 Å². The Bertz CT molecular complexity index is 3490. The van der Waals surface area contributed by atoms with Crippen molar-refractivity contribution >= 4 is 43.7 Å². The third-order valence-corrected chi connectivity index (χ3v) is 11.3. The summed E-state index contributed by atoms with van der Waals surface area (Å²) >= 11 is 0. The fourth-order valence-electron chi connectivity index (χ4n) is 8.40.